The number of rotatable bonds is 6. The Balaban J connectivity index is 1.61. The summed E-state index contributed by atoms with van der Waals surface area (Å²) >= 11 is 0. The molecule has 0 radical (unpaired) electrons. The third-order valence-electron chi connectivity index (χ3n) is 6.01. The Bertz CT molecular complexity index is 919. The maximum absolute atomic E-state index is 13.9. The van der Waals surface area contributed by atoms with Crippen LogP contribution >= 0.6 is 0 Å². The first kappa shape index (κ1) is 20.7. The molecule has 1 saturated heterocycles. The standard InChI is InChI=1S/C26H27F2NO/c1-26(2,30)24(20-13-22(27)15-23(28)14-20)21-16-29(17-21)25(18-9-5-3-6-10-18)19-11-7-4-8-12-19/h3-15,21,24-25,30H,16-17H2,1-2H3/t24-/m1/s1. The highest BCUT2D eigenvalue weighted by atomic mass is 19.1. The summed E-state index contributed by atoms with van der Waals surface area (Å²) in [5, 5.41) is 10.8. The number of aliphatic hydroxyl groups is 1. The molecule has 1 aliphatic rings. The maximum Gasteiger partial charge on any atom is 0.126 e. The zero-order chi connectivity index (χ0) is 21.3. The molecule has 0 spiro atoms. The van der Waals surface area contributed by atoms with Gasteiger partial charge in [0.15, 0.2) is 0 Å². The SMILES string of the molecule is CC(C)(O)[C@H](c1cc(F)cc(F)c1)C1CN(C(c2ccccc2)c2ccccc2)C1. The van der Waals surface area contributed by atoms with Crippen LogP contribution in [0.5, 0.6) is 0 Å². The second-order valence-electron chi connectivity index (χ2n) is 8.77. The molecule has 0 unspecified atom stereocenters. The van der Waals surface area contributed by atoms with Gasteiger partial charge in [-0.05, 0) is 48.6 Å². The molecule has 0 aromatic heterocycles. The van der Waals surface area contributed by atoms with Crippen molar-refractivity contribution in [3.05, 3.63) is 107 Å². The van der Waals surface area contributed by atoms with E-state index in [4.69, 9.17) is 0 Å². The van der Waals surface area contributed by atoms with Crippen LogP contribution in [0.1, 0.15) is 42.5 Å². The van der Waals surface area contributed by atoms with E-state index >= 15 is 0 Å². The molecule has 0 amide bonds. The van der Waals surface area contributed by atoms with Crippen molar-refractivity contribution in [1.82, 2.24) is 4.90 Å². The van der Waals surface area contributed by atoms with Crippen LogP contribution in [0.25, 0.3) is 0 Å². The van der Waals surface area contributed by atoms with Crippen LogP contribution in [0.15, 0.2) is 78.9 Å². The smallest absolute Gasteiger partial charge is 0.126 e. The van der Waals surface area contributed by atoms with E-state index in [-0.39, 0.29) is 17.9 Å². The van der Waals surface area contributed by atoms with E-state index in [1.165, 1.54) is 23.3 Å². The molecule has 3 aromatic rings. The lowest BCUT2D eigenvalue weighted by Gasteiger charge is -2.50. The fourth-order valence-electron chi connectivity index (χ4n) is 4.87. The summed E-state index contributed by atoms with van der Waals surface area (Å²) in [5.41, 5.74) is 1.84. The molecule has 0 aliphatic carbocycles. The van der Waals surface area contributed by atoms with Crippen LogP contribution in [0.4, 0.5) is 8.78 Å². The van der Waals surface area contributed by atoms with Gasteiger partial charge in [0, 0.05) is 25.1 Å². The summed E-state index contributed by atoms with van der Waals surface area (Å²) in [6.45, 7) is 4.91. The zero-order valence-corrected chi connectivity index (χ0v) is 17.3. The molecule has 0 saturated carbocycles. The van der Waals surface area contributed by atoms with E-state index in [0.29, 0.717) is 5.56 Å². The minimum Gasteiger partial charge on any atom is -0.390 e. The van der Waals surface area contributed by atoms with Crippen molar-refractivity contribution in [2.24, 2.45) is 5.92 Å². The van der Waals surface area contributed by atoms with Gasteiger partial charge in [0.2, 0.25) is 0 Å². The van der Waals surface area contributed by atoms with Crippen molar-refractivity contribution in [2.45, 2.75) is 31.4 Å². The lowest BCUT2D eigenvalue weighted by Crippen LogP contribution is -2.54. The van der Waals surface area contributed by atoms with Crippen LogP contribution in [-0.4, -0.2) is 28.7 Å². The van der Waals surface area contributed by atoms with Crippen molar-refractivity contribution in [1.29, 1.82) is 0 Å². The summed E-state index contributed by atoms with van der Waals surface area (Å²) in [6.07, 6.45) is 0. The second-order valence-corrected chi connectivity index (χ2v) is 8.77. The van der Waals surface area contributed by atoms with E-state index in [2.05, 4.69) is 29.2 Å². The Kier molecular flexibility index (Phi) is 5.72. The molecule has 1 heterocycles. The molecule has 0 bridgehead atoms. The summed E-state index contributed by atoms with van der Waals surface area (Å²) in [7, 11) is 0. The number of hydrogen-bond acceptors (Lipinski definition) is 2. The van der Waals surface area contributed by atoms with Gasteiger partial charge in [0.05, 0.1) is 11.6 Å². The van der Waals surface area contributed by atoms with Gasteiger partial charge in [-0.1, -0.05) is 60.7 Å². The first-order valence-corrected chi connectivity index (χ1v) is 10.4. The highest BCUT2D eigenvalue weighted by Gasteiger charge is 2.44. The van der Waals surface area contributed by atoms with Gasteiger partial charge < -0.3 is 5.11 Å². The molecule has 1 fully saturated rings. The molecule has 4 rings (SSSR count). The third-order valence-corrected chi connectivity index (χ3v) is 6.01. The number of likely N-dealkylation sites (tertiary alicyclic amines) is 1. The lowest BCUT2D eigenvalue weighted by molar-refractivity contribution is -0.0309. The third kappa shape index (κ3) is 4.30. The molecule has 1 aliphatic heterocycles. The molecule has 1 N–H and O–H groups in total. The number of halogens is 2. The zero-order valence-electron chi connectivity index (χ0n) is 17.3. The Labute approximate surface area is 176 Å². The highest BCUT2D eigenvalue weighted by Crippen LogP contribution is 2.44. The summed E-state index contributed by atoms with van der Waals surface area (Å²) in [5.74, 6) is -1.48. The largest absolute Gasteiger partial charge is 0.390 e. The van der Waals surface area contributed by atoms with Gasteiger partial charge in [-0.3, -0.25) is 4.90 Å². The number of benzene rings is 3. The van der Waals surface area contributed by atoms with Crippen molar-refractivity contribution in [2.75, 3.05) is 13.1 Å². The van der Waals surface area contributed by atoms with Gasteiger partial charge in [-0.25, -0.2) is 8.78 Å². The molecule has 30 heavy (non-hydrogen) atoms. The molecular formula is C26H27F2NO. The Morgan fingerprint density at radius 3 is 1.70 bits per heavy atom. The quantitative estimate of drug-likeness (QED) is 0.580. The van der Waals surface area contributed by atoms with Crippen molar-refractivity contribution >= 4 is 0 Å². The first-order chi connectivity index (χ1) is 14.3. The van der Waals surface area contributed by atoms with Gasteiger partial charge in [0.1, 0.15) is 11.6 Å². The van der Waals surface area contributed by atoms with Crippen molar-refractivity contribution < 1.29 is 13.9 Å². The predicted molar refractivity (Wildman–Crippen MR) is 115 cm³/mol. The number of hydrogen-bond donors (Lipinski definition) is 1. The van der Waals surface area contributed by atoms with Gasteiger partial charge in [-0.2, -0.15) is 0 Å². The Hall–Kier alpha value is -2.56. The van der Waals surface area contributed by atoms with Crippen LogP contribution in [-0.2, 0) is 0 Å². The van der Waals surface area contributed by atoms with Crippen LogP contribution in [0.3, 0.4) is 0 Å². The summed E-state index contributed by atoms with van der Waals surface area (Å²) in [6, 6.07) is 24.3. The summed E-state index contributed by atoms with van der Waals surface area (Å²) in [4.78, 5) is 2.36. The molecule has 156 valence electrons. The molecular weight excluding hydrogens is 380 g/mol. The van der Waals surface area contributed by atoms with E-state index in [0.717, 1.165) is 19.2 Å². The van der Waals surface area contributed by atoms with E-state index < -0.39 is 17.2 Å². The monoisotopic (exact) mass is 407 g/mol. The summed E-state index contributed by atoms with van der Waals surface area (Å²) < 4.78 is 27.8. The average Bonchev–Trinajstić information content (AvgIpc) is 2.66. The second kappa shape index (κ2) is 8.29. The van der Waals surface area contributed by atoms with Crippen molar-refractivity contribution in [3.63, 3.8) is 0 Å². The fraction of sp³-hybridized carbons (Fsp3) is 0.308. The van der Waals surface area contributed by atoms with Gasteiger partial charge >= 0.3 is 0 Å². The normalized spacial score (nSPS) is 16.5. The maximum atomic E-state index is 13.9. The molecule has 2 nitrogen and oxygen atoms in total. The Morgan fingerprint density at radius 1 is 0.800 bits per heavy atom. The van der Waals surface area contributed by atoms with E-state index in [9.17, 15) is 13.9 Å². The Morgan fingerprint density at radius 2 is 1.27 bits per heavy atom. The number of nitrogens with zero attached hydrogens (tertiary/aromatic N) is 1. The fourth-order valence-corrected chi connectivity index (χ4v) is 4.87. The highest BCUT2D eigenvalue weighted by molar-refractivity contribution is 5.33. The molecule has 4 heteroatoms. The van der Waals surface area contributed by atoms with Crippen molar-refractivity contribution in [3.8, 4) is 0 Å². The molecule has 3 aromatic carbocycles. The minimum atomic E-state index is -1.09. The molecule has 1 atom stereocenters. The van der Waals surface area contributed by atoms with E-state index in [1.54, 1.807) is 13.8 Å². The van der Waals surface area contributed by atoms with Gasteiger partial charge in [0.25, 0.3) is 0 Å². The van der Waals surface area contributed by atoms with E-state index in [1.807, 2.05) is 36.4 Å². The van der Waals surface area contributed by atoms with Gasteiger partial charge in [-0.15, -0.1) is 0 Å². The topological polar surface area (TPSA) is 23.5 Å². The first-order valence-electron chi connectivity index (χ1n) is 10.4. The average molecular weight is 408 g/mol. The minimum absolute atomic E-state index is 0.0983. The predicted octanol–water partition coefficient (Wildman–Crippen LogP) is 5.54. The lowest BCUT2D eigenvalue weighted by atomic mass is 9.71. The van der Waals surface area contributed by atoms with Crippen LogP contribution < -0.4 is 0 Å². The van der Waals surface area contributed by atoms with Crippen LogP contribution in [0, 0.1) is 17.6 Å². The van der Waals surface area contributed by atoms with Crippen LogP contribution in [0.2, 0.25) is 0 Å².